The van der Waals surface area contributed by atoms with E-state index in [4.69, 9.17) is 4.74 Å². The first kappa shape index (κ1) is 18.9. The summed E-state index contributed by atoms with van der Waals surface area (Å²) < 4.78 is 35.1. The van der Waals surface area contributed by atoms with Crippen molar-refractivity contribution in [3.05, 3.63) is 64.6 Å². The van der Waals surface area contributed by atoms with Crippen LogP contribution < -0.4 is 10.1 Å². The zero-order valence-electron chi connectivity index (χ0n) is 15.9. The topological polar surface area (TPSA) is 79.4 Å². The zero-order chi connectivity index (χ0) is 20.8. The van der Waals surface area contributed by atoms with Crippen molar-refractivity contribution in [2.45, 2.75) is 38.8 Å². The predicted octanol–water partition coefficient (Wildman–Crippen LogP) is 3.59. The quantitative estimate of drug-likeness (QED) is 0.715. The fraction of sp³-hybridized carbons (Fsp3) is 0.286. The molecule has 0 bridgehead atoms. The number of hydrogen-bond donors (Lipinski definition) is 1. The maximum atomic E-state index is 13.9. The van der Waals surface area contributed by atoms with Crippen LogP contribution in [0.4, 0.5) is 8.78 Å². The zero-order valence-corrected chi connectivity index (χ0v) is 15.9. The molecule has 6 nitrogen and oxygen atoms in total. The molecule has 1 saturated carbocycles. The van der Waals surface area contributed by atoms with Crippen molar-refractivity contribution in [1.82, 2.24) is 14.7 Å². The second-order valence-corrected chi connectivity index (χ2v) is 7.26. The number of nitriles is 1. The lowest BCUT2D eigenvalue weighted by molar-refractivity contribution is 0.0935. The summed E-state index contributed by atoms with van der Waals surface area (Å²) in [4.78, 5) is 17.2. The second-order valence-electron chi connectivity index (χ2n) is 7.26. The highest BCUT2D eigenvalue weighted by molar-refractivity contribution is 5.96. The van der Waals surface area contributed by atoms with Gasteiger partial charge in [-0.25, -0.2) is 13.8 Å². The van der Waals surface area contributed by atoms with E-state index in [0.717, 1.165) is 5.56 Å². The molecular weight excluding hydrogens is 378 g/mol. The summed E-state index contributed by atoms with van der Waals surface area (Å²) in [5.74, 6) is -1.49. The molecule has 2 heterocycles. The summed E-state index contributed by atoms with van der Waals surface area (Å²) in [5.41, 5.74) is 0.902. The van der Waals surface area contributed by atoms with Gasteiger partial charge in [0.2, 0.25) is 0 Å². The monoisotopic (exact) mass is 396 g/mol. The maximum Gasteiger partial charge on any atom is 0.271 e. The van der Waals surface area contributed by atoms with E-state index in [1.54, 1.807) is 23.6 Å². The summed E-state index contributed by atoms with van der Waals surface area (Å²) in [5, 5.41) is 12.0. The lowest BCUT2D eigenvalue weighted by Gasteiger charge is -2.12. The van der Waals surface area contributed by atoms with Crippen molar-refractivity contribution in [2.24, 2.45) is 0 Å². The molecule has 148 valence electrons. The molecule has 0 spiro atoms. The minimum Gasteiger partial charge on any atom is -0.485 e. The Morgan fingerprint density at radius 2 is 2.03 bits per heavy atom. The van der Waals surface area contributed by atoms with Gasteiger partial charge < -0.3 is 10.1 Å². The fourth-order valence-electron chi connectivity index (χ4n) is 3.22. The summed E-state index contributed by atoms with van der Waals surface area (Å²) >= 11 is 0. The van der Waals surface area contributed by atoms with E-state index in [1.807, 2.05) is 6.92 Å². The van der Waals surface area contributed by atoms with Crippen LogP contribution in [0.1, 0.15) is 40.2 Å². The van der Waals surface area contributed by atoms with E-state index in [2.05, 4.69) is 16.4 Å². The maximum absolute atomic E-state index is 13.9. The van der Waals surface area contributed by atoms with Gasteiger partial charge in [0, 0.05) is 6.20 Å². The van der Waals surface area contributed by atoms with E-state index >= 15 is 0 Å². The first-order valence-electron chi connectivity index (χ1n) is 9.12. The van der Waals surface area contributed by atoms with Gasteiger partial charge in [0.15, 0.2) is 11.4 Å². The van der Waals surface area contributed by atoms with E-state index in [9.17, 15) is 18.8 Å². The summed E-state index contributed by atoms with van der Waals surface area (Å²) in [7, 11) is 0. The molecule has 0 radical (unpaired) electrons. The van der Waals surface area contributed by atoms with Gasteiger partial charge in [0.05, 0.1) is 17.3 Å². The molecule has 1 amide bonds. The first-order valence-corrected chi connectivity index (χ1v) is 9.12. The summed E-state index contributed by atoms with van der Waals surface area (Å²) in [6.45, 7) is 3.18. The number of pyridine rings is 1. The van der Waals surface area contributed by atoms with E-state index in [1.165, 1.54) is 18.2 Å². The third-order valence-electron chi connectivity index (χ3n) is 4.96. The van der Waals surface area contributed by atoms with Gasteiger partial charge in [-0.05, 0) is 50.5 Å². The number of fused-ring (bicyclic) bond motifs is 1. The van der Waals surface area contributed by atoms with Crippen LogP contribution in [0, 0.1) is 36.8 Å². The van der Waals surface area contributed by atoms with Crippen molar-refractivity contribution < 1.29 is 18.3 Å². The first-order chi connectivity index (χ1) is 13.8. The molecule has 0 unspecified atom stereocenters. The molecule has 1 aromatic carbocycles. The highest BCUT2D eigenvalue weighted by atomic mass is 19.1. The Balaban J connectivity index is 1.69. The van der Waals surface area contributed by atoms with Gasteiger partial charge in [-0.3, -0.25) is 9.20 Å². The Morgan fingerprint density at radius 1 is 1.34 bits per heavy atom. The lowest BCUT2D eigenvalue weighted by atomic mass is 10.2. The average Bonchev–Trinajstić information content (AvgIpc) is 3.35. The fourth-order valence-corrected chi connectivity index (χ4v) is 3.22. The predicted molar refractivity (Wildman–Crippen MR) is 100 cm³/mol. The number of amides is 1. The minimum atomic E-state index is -0.806. The largest absolute Gasteiger partial charge is 0.485 e. The van der Waals surface area contributed by atoms with Crippen LogP contribution in [0.5, 0.6) is 5.75 Å². The van der Waals surface area contributed by atoms with Crippen LogP contribution in [0.3, 0.4) is 0 Å². The smallest absolute Gasteiger partial charge is 0.271 e. The number of hydrogen-bond acceptors (Lipinski definition) is 4. The standard InChI is InChI=1S/C21H18F2N4O2/c1-12-8-17(29-10-14-15(22)4-3-5-16(14)23)19-25-13(2)18(27(19)9-12)20(28)26-21(11-24)6-7-21/h3-5,8-9H,6-7,10H2,1-2H3,(H,26,28). The highest BCUT2D eigenvalue weighted by Gasteiger charge is 2.45. The molecule has 2 aromatic heterocycles. The number of halogens is 2. The SMILES string of the molecule is Cc1cc(OCc2c(F)cccc2F)c2nc(C)c(C(=O)NC3(C#N)CC3)n2c1. The van der Waals surface area contributed by atoms with Crippen LogP contribution in [0.25, 0.3) is 5.65 Å². The number of carbonyl (C=O) groups excluding carboxylic acids is 1. The van der Waals surface area contributed by atoms with Crippen LogP contribution in [-0.4, -0.2) is 20.8 Å². The molecule has 1 N–H and O–H groups in total. The van der Waals surface area contributed by atoms with Crippen molar-refractivity contribution in [3.63, 3.8) is 0 Å². The molecule has 0 aliphatic heterocycles. The molecule has 0 atom stereocenters. The van der Waals surface area contributed by atoms with Crippen LogP contribution in [0.2, 0.25) is 0 Å². The number of imidazole rings is 1. The third kappa shape index (κ3) is 3.40. The van der Waals surface area contributed by atoms with Gasteiger partial charge in [-0.2, -0.15) is 5.26 Å². The van der Waals surface area contributed by atoms with Crippen LogP contribution in [0.15, 0.2) is 30.5 Å². The Morgan fingerprint density at radius 3 is 2.66 bits per heavy atom. The third-order valence-corrected chi connectivity index (χ3v) is 4.96. The molecule has 1 aliphatic rings. The van der Waals surface area contributed by atoms with Crippen molar-refractivity contribution >= 4 is 11.6 Å². The van der Waals surface area contributed by atoms with E-state index in [-0.39, 0.29) is 12.2 Å². The molecule has 0 saturated heterocycles. The molecule has 1 aliphatic carbocycles. The molecule has 1 fully saturated rings. The molecule has 3 aromatic rings. The Labute approximate surface area is 165 Å². The molecule has 29 heavy (non-hydrogen) atoms. The van der Waals surface area contributed by atoms with E-state index < -0.39 is 23.1 Å². The van der Waals surface area contributed by atoms with Gasteiger partial charge in [-0.15, -0.1) is 0 Å². The van der Waals surface area contributed by atoms with Crippen LogP contribution in [-0.2, 0) is 6.61 Å². The van der Waals surface area contributed by atoms with Crippen molar-refractivity contribution in [3.8, 4) is 11.8 Å². The number of nitrogens with one attached hydrogen (secondary N) is 1. The number of aromatic nitrogens is 2. The number of carbonyl (C=O) groups is 1. The number of aryl methyl sites for hydroxylation is 2. The summed E-state index contributed by atoms with van der Waals surface area (Å²) in [6, 6.07) is 7.44. The number of benzene rings is 1. The molecular formula is C21H18F2N4O2. The molecule has 8 heteroatoms. The highest BCUT2D eigenvalue weighted by Crippen LogP contribution is 2.35. The second kappa shape index (κ2) is 6.85. The number of rotatable bonds is 5. The van der Waals surface area contributed by atoms with Gasteiger partial charge >= 0.3 is 0 Å². The van der Waals surface area contributed by atoms with Crippen molar-refractivity contribution in [2.75, 3.05) is 0 Å². The Kier molecular flexibility index (Phi) is 4.46. The normalized spacial score (nSPS) is 14.4. The lowest BCUT2D eigenvalue weighted by Crippen LogP contribution is -2.36. The molecule has 4 rings (SSSR count). The number of ether oxygens (including phenoxy) is 1. The van der Waals surface area contributed by atoms with Gasteiger partial charge in [0.25, 0.3) is 5.91 Å². The average molecular weight is 396 g/mol. The van der Waals surface area contributed by atoms with Crippen molar-refractivity contribution in [1.29, 1.82) is 5.26 Å². The van der Waals surface area contributed by atoms with Gasteiger partial charge in [-0.1, -0.05) is 6.07 Å². The summed E-state index contributed by atoms with van der Waals surface area (Å²) in [6.07, 6.45) is 2.96. The van der Waals surface area contributed by atoms with E-state index in [0.29, 0.717) is 35.6 Å². The number of nitrogens with zero attached hydrogens (tertiary/aromatic N) is 3. The Bertz CT molecular complexity index is 1160. The Hall–Kier alpha value is -3.47. The van der Waals surface area contributed by atoms with Crippen LogP contribution >= 0.6 is 0 Å². The van der Waals surface area contributed by atoms with Gasteiger partial charge in [0.1, 0.15) is 29.5 Å². The minimum absolute atomic E-state index is 0.182.